The Balaban J connectivity index is 2.87. The van der Waals surface area contributed by atoms with Crippen LogP contribution >= 0.6 is 38.5 Å². The second kappa shape index (κ2) is 2.79. The largest absolute Gasteiger partial charge is 0.360 e. The zero-order valence-corrected chi connectivity index (χ0v) is 9.31. The van der Waals surface area contributed by atoms with Crippen LogP contribution in [0.2, 0.25) is 0 Å². The molecule has 11 heavy (non-hydrogen) atoms. The van der Waals surface area contributed by atoms with Gasteiger partial charge in [-0.05, 0) is 40.8 Å². The van der Waals surface area contributed by atoms with E-state index in [1.54, 1.807) is 0 Å². The molecule has 1 N–H and O–H groups in total. The molecule has 0 fully saturated rings. The average molecular weight is 322 g/mol. The molecule has 1 aromatic carbocycles. The molecule has 0 aliphatic carbocycles. The lowest BCUT2D eigenvalue weighted by atomic mass is 10.3. The number of hydrogen-bond donors (Lipinski definition) is 1. The zero-order valence-electron chi connectivity index (χ0n) is 5.57. The highest BCUT2D eigenvalue weighted by Gasteiger charge is 1.99. The lowest BCUT2D eigenvalue weighted by Crippen LogP contribution is -1.68. The maximum Gasteiger partial charge on any atom is 0.0465 e. The Morgan fingerprint density at radius 3 is 3.00 bits per heavy atom. The van der Waals surface area contributed by atoms with E-state index in [1.165, 1.54) is 14.5 Å². The van der Waals surface area contributed by atoms with Crippen LogP contribution in [-0.2, 0) is 0 Å². The van der Waals surface area contributed by atoms with Gasteiger partial charge in [-0.3, -0.25) is 0 Å². The normalized spacial score (nSPS) is 10.7. The number of H-pyrrole nitrogens is 1. The highest BCUT2D eigenvalue weighted by molar-refractivity contribution is 14.1. The highest BCUT2D eigenvalue weighted by Crippen LogP contribution is 2.23. The van der Waals surface area contributed by atoms with Crippen molar-refractivity contribution in [2.75, 3.05) is 0 Å². The van der Waals surface area contributed by atoms with Crippen molar-refractivity contribution >= 4 is 49.4 Å². The summed E-state index contributed by atoms with van der Waals surface area (Å²) in [6, 6.07) is 6.23. The zero-order chi connectivity index (χ0) is 7.84. The van der Waals surface area contributed by atoms with E-state index in [0.717, 1.165) is 4.47 Å². The van der Waals surface area contributed by atoms with Gasteiger partial charge in [-0.15, -0.1) is 0 Å². The number of aromatic nitrogens is 1. The van der Waals surface area contributed by atoms with Crippen molar-refractivity contribution in [2.24, 2.45) is 0 Å². The van der Waals surface area contributed by atoms with Crippen LogP contribution in [0.5, 0.6) is 0 Å². The van der Waals surface area contributed by atoms with Gasteiger partial charge < -0.3 is 4.98 Å². The van der Waals surface area contributed by atoms with Gasteiger partial charge in [0.15, 0.2) is 0 Å². The van der Waals surface area contributed by atoms with E-state index < -0.39 is 0 Å². The summed E-state index contributed by atoms with van der Waals surface area (Å²) in [6.07, 6.45) is 2.01. The van der Waals surface area contributed by atoms with Gasteiger partial charge in [0, 0.05) is 25.1 Å². The average Bonchev–Trinajstić information content (AvgIpc) is 2.33. The number of fused-ring (bicyclic) bond motifs is 1. The molecule has 0 amide bonds. The van der Waals surface area contributed by atoms with Crippen molar-refractivity contribution in [3.8, 4) is 0 Å². The summed E-state index contributed by atoms with van der Waals surface area (Å²) >= 11 is 5.75. The Kier molecular flexibility index (Phi) is 1.93. The molecule has 0 saturated carbocycles. The fourth-order valence-corrected chi connectivity index (χ4v) is 2.02. The molecule has 0 aliphatic heterocycles. The monoisotopic (exact) mass is 321 g/mol. The molecule has 1 heterocycles. The Labute approximate surface area is 86.5 Å². The van der Waals surface area contributed by atoms with E-state index in [1.807, 2.05) is 12.3 Å². The van der Waals surface area contributed by atoms with Gasteiger partial charge in [-0.2, -0.15) is 0 Å². The summed E-state index contributed by atoms with van der Waals surface area (Å²) in [4.78, 5) is 3.19. The minimum absolute atomic E-state index is 1.13. The van der Waals surface area contributed by atoms with E-state index in [4.69, 9.17) is 0 Å². The number of rotatable bonds is 0. The van der Waals surface area contributed by atoms with Gasteiger partial charge in [0.25, 0.3) is 0 Å². The molecule has 0 bridgehead atoms. The first-order valence-corrected chi connectivity index (χ1v) is 5.07. The van der Waals surface area contributed by atoms with Gasteiger partial charge in [0.05, 0.1) is 0 Å². The summed E-state index contributed by atoms with van der Waals surface area (Å²) in [5.74, 6) is 0. The van der Waals surface area contributed by atoms with E-state index >= 15 is 0 Å². The topological polar surface area (TPSA) is 15.8 Å². The summed E-state index contributed by atoms with van der Waals surface area (Å²) in [7, 11) is 0. The fraction of sp³-hybridized carbons (Fsp3) is 0. The first kappa shape index (κ1) is 7.61. The van der Waals surface area contributed by atoms with Crippen molar-refractivity contribution in [1.29, 1.82) is 0 Å². The van der Waals surface area contributed by atoms with E-state index in [2.05, 4.69) is 55.6 Å². The molecular weight excluding hydrogens is 317 g/mol. The molecule has 2 rings (SSSR count). The maximum absolute atomic E-state index is 3.43. The van der Waals surface area contributed by atoms with Crippen LogP contribution in [0.25, 0.3) is 10.9 Å². The Bertz CT molecular complexity index is 394. The lowest BCUT2D eigenvalue weighted by Gasteiger charge is -1.90. The lowest BCUT2D eigenvalue weighted by molar-refractivity contribution is 1.46. The highest BCUT2D eigenvalue weighted by atomic mass is 127. The van der Waals surface area contributed by atoms with Crippen LogP contribution < -0.4 is 0 Å². The van der Waals surface area contributed by atoms with Crippen LogP contribution in [0.15, 0.2) is 28.9 Å². The summed E-state index contributed by atoms with van der Waals surface area (Å²) in [5.41, 5.74) is 1.19. The molecule has 1 nitrogen and oxygen atoms in total. The Morgan fingerprint density at radius 2 is 2.18 bits per heavy atom. The third kappa shape index (κ3) is 1.31. The van der Waals surface area contributed by atoms with Crippen LogP contribution in [0.3, 0.4) is 0 Å². The molecule has 2 aromatic rings. The molecule has 3 heteroatoms. The SMILES string of the molecule is Brc1ccc2[nH]cc(I)c2c1. The Morgan fingerprint density at radius 1 is 1.36 bits per heavy atom. The molecule has 0 radical (unpaired) electrons. The smallest absolute Gasteiger partial charge is 0.0465 e. The molecule has 56 valence electrons. The van der Waals surface area contributed by atoms with Crippen LogP contribution in [0.4, 0.5) is 0 Å². The molecule has 1 aromatic heterocycles. The third-order valence-corrected chi connectivity index (χ3v) is 2.98. The Hall–Kier alpha value is -0.0300. The molecule has 0 unspecified atom stereocenters. The van der Waals surface area contributed by atoms with Crippen LogP contribution in [0.1, 0.15) is 0 Å². The second-order valence-corrected chi connectivity index (χ2v) is 4.40. The first-order chi connectivity index (χ1) is 5.27. The van der Waals surface area contributed by atoms with Crippen molar-refractivity contribution in [3.05, 3.63) is 32.4 Å². The van der Waals surface area contributed by atoms with Crippen molar-refractivity contribution in [2.45, 2.75) is 0 Å². The quantitative estimate of drug-likeness (QED) is 0.714. The number of nitrogens with one attached hydrogen (secondary N) is 1. The molecule has 0 atom stereocenters. The van der Waals surface area contributed by atoms with Gasteiger partial charge in [-0.1, -0.05) is 15.9 Å². The number of hydrogen-bond acceptors (Lipinski definition) is 0. The van der Waals surface area contributed by atoms with Crippen molar-refractivity contribution in [1.82, 2.24) is 4.98 Å². The van der Waals surface area contributed by atoms with Crippen LogP contribution in [0, 0.1) is 3.57 Å². The number of benzene rings is 1. The molecule has 0 saturated heterocycles. The molecule has 0 spiro atoms. The fourth-order valence-electron chi connectivity index (χ4n) is 1.06. The third-order valence-electron chi connectivity index (χ3n) is 1.59. The standard InChI is InChI=1S/C8H5BrIN/c9-5-1-2-8-6(3-5)7(10)4-11-8/h1-4,11H. The predicted molar refractivity (Wildman–Crippen MR) is 58.7 cm³/mol. The summed E-state index contributed by atoms with van der Waals surface area (Å²) in [6.45, 7) is 0. The van der Waals surface area contributed by atoms with Gasteiger partial charge in [0.2, 0.25) is 0 Å². The van der Waals surface area contributed by atoms with Crippen molar-refractivity contribution < 1.29 is 0 Å². The minimum Gasteiger partial charge on any atom is -0.360 e. The van der Waals surface area contributed by atoms with E-state index in [0.29, 0.717) is 0 Å². The predicted octanol–water partition coefficient (Wildman–Crippen LogP) is 3.54. The second-order valence-electron chi connectivity index (χ2n) is 2.33. The minimum atomic E-state index is 1.13. The van der Waals surface area contributed by atoms with E-state index in [9.17, 15) is 0 Å². The van der Waals surface area contributed by atoms with Crippen molar-refractivity contribution in [3.63, 3.8) is 0 Å². The number of halogens is 2. The van der Waals surface area contributed by atoms with E-state index in [-0.39, 0.29) is 0 Å². The first-order valence-electron chi connectivity index (χ1n) is 3.19. The van der Waals surface area contributed by atoms with Crippen LogP contribution in [-0.4, -0.2) is 4.98 Å². The summed E-state index contributed by atoms with van der Waals surface area (Å²) < 4.78 is 2.39. The molecular formula is C8H5BrIN. The molecule has 0 aliphatic rings. The van der Waals surface area contributed by atoms with Gasteiger partial charge in [-0.25, -0.2) is 0 Å². The summed E-state index contributed by atoms with van der Waals surface area (Å²) in [5, 5.41) is 1.28. The number of aromatic amines is 1. The maximum atomic E-state index is 3.43. The van der Waals surface area contributed by atoms with Gasteiger partial charge in [0.1, 0.15) is 0 Å². The van der Waals surface area contributed by atoms with Gasteiger partial charge >= 0.3 is 0 Å².